The highest BCUT2D eigenvalue weighted by atomic mass is 32.2. The number of aryl methyl sites for hydroxylation is 2. The highest BCUT2D eigenvalue weighted by Crippen LogP contribution is 2.28. The largest absolute Gasteiger partial charge is 0.325 e. The Bertz CT molecular complexity index is 1250. The van der Waals surface area contributed by atoms with E-state index >= 15 is 0 Å². The number of halogens is 1. The first-order valence-corrected chi connectivity index (χ1v) is 13.1. The number of rotatable bonds is 8. The Kier molecular flexibility index (Phi) is 7.82. The first-order valence-electron chi connectivity index (χ1n) is 11.0. The highest BCUT2D eigenvalue weighted by Gasteiger charge is 2.35. The minimum atomic E-state index is -0.444. The summed E-state index contributed by atoms with van der Waals surface area (Å²) in [5.74, 6) is -0.561. The predicted octanol–water partition coefficient (Wildman–Crippen LogP) is 4.76. The summed E-state index contributed by atoms with van der Waals surface area (Å²) in [6, 6.07) is 11.4. The Balaban J connectivity index is 1.24. The molecule has 1 fully saturated rings. The molecule has 3 amide bonds. The van der Waals surface area contributed by atoms with Crippen LogP contribution >= 0.6 is 23.1 Å². The zero-order valence-corrected chi connectivity index (χ0v) is 21.0. The van der Waals surface area contributed by atoms with E-state index < -0.39 is 5.92 Å². The van der Waals surface area contributed by atoms with Gasteiger partial charge in [0.2, 0.25) is 17.7 Å². The fraction of sp³-hybridized carbons (Fsp3) is 0.280. The van der Waals surface area contributed by atoms with Crippen LogP contribution in [0, 0.1) is 25.6 Å². The molecule has 182 valence electrons. The molecule has 1 saturated heterocycles. The van der Waals surface area contributed by atoms with E-state index in [1.165, 1.54) is 47.4 Å². The molecule has 1 unspecified atom stereocenters. The van der Waals surface area contributed by atoms with E-state index in [9.17, 15) is 18.8 Å². The normalized spacial score (nSPS) is 15.3. The van der Waals surface area contributed by atoms with E-state index in [0.717, 1.165) is 22.5 Å². The first kappa shape index (κ1) is 24.9. The number of hydrogen-bond donors (Lipinski definition) is 2. The number of benzene rings is 2. The van der Waals surface area contributed by atoms with Gasteiger partial charge in [-0.25, -0.2) is 9.37 Å². The Hall–Kier alpha value is -3.24. The third-order valence-corrected chi connectivity index (χ3v) is 7.46. The molecule has 1 atom stereocenters. The molecule has 10 heteroatoms. The summed E-state index contributed by atoms with van der Waals surface area (Å²) in [4.78, 5) is 43.4. The van der Waals surface area contributed by atoms with Gasteiger partial charge in [-0.15, -0.1) is 23.1 Å². The van der Waals surface area contributed by atoms with Crippen LogP contribution in [0.4, 0.5) is 20.9 Å². The summed E-state index contributed by atoms with van der Waals surface area (Å²) in [6.07, 6.45) is 0.163. The van der Waals surface area contributed by atoms with Crippen molar-refractivity contribution in [3.8, 4) is 0 Å². The Morgan fingerprint density at radius 2 is 1.91 bits per heavy atom. The summed E-state index contributed by atoms with van der Waals surface area (Å²) in [7, 11) is 0. The number of carbonyl (C=O) groups is 3. The van der Waals surface area contributed by atoms with Gasteiger partial charge in [-0.3, -0.25) is 14.4 Å². The third kappa shape index (κ3) is 6.46. The quantitative estimate of drug-likeness (QED) is 0.454. The molecule has 7 nitrogen and oxygen atoms in total. The summed E-state index contributed by atoms with van der Waals surface area (Å²) < 4.78 is 12.9. The molecule has 2 aromatic carbocycles. The molecule has 0 radical (unpaired) electrons. The van der Waals surface area contributed by atoms with Crippen molar-refractivity contribution in [1.29, 1.82) is 0 Å². The number of carbonyl (C=O) groups excluding carboxylic acids is 3. The van der Waals surface area contributed by atoms with Crippen LogP contribution in [-0.2, 0) is 20.1 Å². The van der Waals surface area contributed by atoms with Crippen LogP contribution in [0.3, 0.4) is 0 Å². The van der Waals surface area contributed by atoms with Gasteiger partial charge in [-0.1, -0.05) is 6.07 Å². The Labute approximate surface area is 211 Å². The minimum Gasteiger partial charge on any atom is -0.325 e. The van der Waals surface area contributed by atoms with E-state index in [-0.39, 0.29) is 35.7 Å². The zero-order valence-electron chi connectivity index (χ0n) is 19.3. The Morgan fingerprint density at radius 3 is 2.66 bits per heavy atom. The van der Waals surface area contributed by atoms with Gasteiger partial charge in [-0.2, -0.15) is 0 Å². The molecular formula is C25H25FN4O3S2. The van der Waals surface area contributed by atoms with Gasteiger partial charge in [0.15, 0.2) is 5.13 Å². The van der Waals surface area contributed by atoms with E-state index in [2.05, 4.69) is 15.6 Å². The Morgan fingerprint density at radius 1 is 1.14 bits per heavy atom. The molecule has 0 saturated carbocycles. The number of nitrogens with one attached hydrogen (secondary N) is 2. The predicted molar refractivity (Wildman–Crippen MR) is 138 cm³/mol. The van der Waals surface area contributed by atoms with Crippen LogP contribution in [0.25, 0.3) is 0 Å². The molecule has 1 aromatic heterocycles. The summed E-state index contributed by atoms with van der Waals surface area (Å²) >= 11 is 2.70. The van der Waals surface area contributed by atoms with Gasteiger partial charge in [-0.05, 0) is 61.4 Å². The van der Waals surface area contributed by atoms with Gasteiger partial charge < -0.3 is 15.5 Å². The van der Waals surface area contributed by atoms with Crippen LogP contribution < -0.4 is 15.5 Å². The van der Waals surface area contributed by atoms with E-state index in [4.69, 9.17) is 0 Å². The van der Waals surface area contributed by atoms with Crippen LogP contribution in [0.1, 0.15) is 23.2 Å². The molecule has 1 aliphatic heterocycles. The number of aromatic nitrogens is 1. The molecular weight excluding hydrogens is 487 g/mol. The summed E-state index contributed by atoms with van der Waals surface area (Å²) in [5.41, 5.74) is 4.36. The lowest BCUT2D eigenvalue weighted by Gasteiger charge is -2.17. The molecule has 2 N–H and O–H groups in total. The second-order valence-corrected chi connectivity index (χ2v) is 10.2. The highest BCUT2D eigenvalue weighted by molar-refractivity contribution is 7.99. The number of amides is 3. The lowest BCUT2D eigenvalue weighted by molar-refractivity contribution is -0.122. The van der Waals surface area contributed by atoms with Crippen molar-refractivity contribution >= 4 is 57.3 Å². The lowest BCUT2D eigenvalue weighted by Crippen LogP contribution is -2.28. The third-order valence-electron chi connectivity index (χ3n) is 5.69. The van der Waals surface area contributed by atoms with Crippen molar-refractivity contribution < 1.29 is 18.8 Å². The fourth-order valence-corrected chi connectivity index (χ4v) is 5.18. The van der Waals surface area contributed by atoms with Crippen LogP contribution in [0.5, 0.6) is 0 Å². The van der Waals surface area contributed by atoms with Gasteiger partial charge >= 0.3 is 0 Å². The van der Waals surface area contributed by atoms with E-state index in [0.29, 0.717) is 23.1 Å². The first-order chi connectivity index (χ1) is 16.8. The van der Waals surface area contributed by atoms with Crippen molar-refractivity contribution in [2.24, 2.45) is 5.92 Å². The molecule has 2 heterocycles. The standard InChI is InChI=1S/C25H25FN4O3S2/c1-15-3-8-21(9-16(15)2)30-11-17(10-23(30)32)24(33)29-25-28-20(13-35-25)12-34-14-22(31)27-19-6-4-18(26)5-7-19/h3-9,13,17H,10-12,14H2,1-2H3,(H,27,31)(H,28,29,33). The van der Waals surface area contributed by atoms with Crippen molar-refractivity contribution in [2.75, 3.05) is 27.8 Å². The van der Waals surface area contributed by atoms with Crippen molar-refractivity contribution in [2.45, 2.75) is 26.0 Å². The molecule has 35 heavy (non-hydrogen) atoms. The lowest BCUT2D eigenvalue weighted by atomic mass is 10.1. The van der Waals surface area contributed by atoms with Gasteiger partial charge in [0, 0.05) is 35.5 Å². The average Bonchev–Trinajstić information content (AvgIpc) is 3.43. The smallest absolute Gasteiger partial charge is 0.234 e. The average molecular weight is 513 g/mol. The summed E-state index contributed by atoms with van der Waals surface area (Å²) in [6.45, 7) is 4.36. The van der Waals surface area contributed by atoms with Gasteiger partial charge in [0.05, 0.1) is 17.4 Å². The molecule has 1 aliphatic rings. The number of nitrogens with zero attached hydrogens (tertiary/aromatic N) is 2. The van der Waals surface area contributed by atoms with Crippen molar-refractivity contribution in [3.05, 3.63) is 70.5 Å². The molecule has 3 aromatic rings. The van der Waals surface area contributed by atoms with E-state index in [1.54, 1.807) is 4.90 Å². The van der Waals surface area contributed by atoms with Crippen LogP contribution in [-0.4, -0.2) is 35.0 Å². The second-order valence-electron chi connectivity index (χ2n) is 8.36. The molecule has 4 rings (SSSR count). The van der Waals surface area contributed by atoms with E-state index in [1.807, 2.05) is 37.4 Å². The number of anilines is 3. The van der Waals surface area contributed by atoms with Crippen molar-refractivity contribution in [3.63, 3.8) is 0 Å². The SMILES string of the molecule is Cc1ccc(N2CC(C(=O)Nc3nc(CSCC(=O)Nc4ccc(F)cc4)cs3)CC2=O)cc1C. The maximum absolute atomic E-state index is 12.9. The second kappa shape index (κ2) is 11.0. The number of thiazole rings is 1. The topological polar surface area (TPSA) is 91.4 Å². The van der Waals surface area contributed by atoms with Gasteiger partial charge in [0.1, 0.15) is 5.82 Å². The minimum absolute atomic E-state index is 0.0662. The van der Waals surface area contributed by atoms with Crippen LogP contribution in [0.2, 0.25) is 0 Å². The fourth-order valence-electron chi connectivity index (χ4n) is 3.64. The number of thioether (sulfide) groups is 1. The number of hydrogen-bond acceptors (Lipinski definition) is 6. The zero-order chi connectivity index (χ0) is 24.9. The molecule has 0 spiro atoms. The maximum atomic E-state index is 12.9. The maximum Gasteiger partial charge on any atom is 0.234 e. The summed E-state index contributed by atoms with van der Waals surface area (Å²) in [5, 5.41) is 7.84. The van der Waals surface area contributed by atoms with Crippen LogP contribution in [0.15, 0.2) is 47.8 Å². The molecule has 0 aliphatic carbocycles. The molecule has 0 bridgehead atoms. The van der Waals surface area contributed by atoms with Crippen molar-refractivity contribution in [1.82, 2.24) is 4.98 Å². The monoisotopic (exact) mass is 512 g/mol. The van der Waals surface area contributed by atoms with Gasteiger partial charge in [0.25, 0.3) is 0 Å².